The molecule has 112 valence electrons. The van der Waals surface area contributed by atoms with Crippen LogP contribution in [0.1, 0.15) is 37.7 Å². The molecule has 5 nitrogen and oxygen atoms in total. The fourth-order valence-electron chi connectivity index (χ4n) is 2.54. The maximum absolute atomic E-state index is 12.3. The monoisotopic (exact) mass is 298 g/mol. The molecule has 1 saturated carbocycles. The van der Waals surface area contributed by atoms with Crippen LogP contribution in [0.25, 0.3) is 0 Å². The van der Waals surface area contributed by atoms with E-state index in [2.05, 4.69) is 4.72 Å². The van der Waals surface area contributed by atoms with Crippen LogP contribution in [0.5, 0.6) is 0 Å². The zero-order valence-corrected chi connectivity index (χ0v) is 12.6. The van der Waals surface area contributed by atoms with Gasteiger partial charge in [0.05, 0.1) is 6.61 Å². The minimum absolute atomic E-state index is 0.0466. The molecule has 0 amide bonds. The zero-order valence-electron chi connectivity index (χ0n) is 11.7. The molecular formula is C14H22N2O3S. The van der Waals surface area contributed by atoms with E-state index in [-0.39, 0.29) is 12.6 Å². The van der Waals surface area contributed by atoms with Crippen molar-refractivity contribution in [1.29, 1.82) is 0 Å². The molecule has 1 aliphatic carbocycles. The molecule has 0 aromatic heterocycles. The Kier molecular flexibility index (Phi) is 5.01. The molecule has 1 fully saturated rings. The van der Waals surface area contributed by atoms with Gasteiger partial charge in [-0.1, -0.05) is 31.4 Å². The SMILES string of the molecule is CN(C1CCCCC1)S(=O)(=O)Nc1ccc(CO)cc1. The molecule has 0 spiro atoms. The van der Waals surface area contributed by atoms with Gasteiger partial charge in [-0.05, 0) is 30.5 Å². The first-order valence-corrected chi connectivity index (χ1v) is 8.42. The Morgan fingerprint density at radius 1 is 1.20 bits per heavy atom. The molecule has 1 aliphatic rings. The highest BCUT2D eigenvalue weighted by atomic mass is 32.2. The predicted molar refractivity (Wildman–Crippen MR) is 79.5 cm³/mol. The van der Waals surface area contributed by atoms with E-state index in [9.17, 15) is 8.42 Å². The van der Waals surface area contributed by atoms with Crippen molar-refractivity contribution in [2.75, 3.05) is 11.8 Å². The van der Waals surface area contributed by atoms with Gasteiger partial charge >= 0.3 is 10.2 Å². The normalized spacial score (nSPS) is 17.4. The number of hydrogen-bond donors (Lipinski definition) is 2. The van der Waals surface area contributed by atoms with Crippen molar-refractivity contribution in [2.45, 2.75) is 44.8 Å². The summed E-state index contributed by atoms with van der Waals surface area (Å²) in [5.41, 5.74) is 1.28. The van der Waals surface area contributed by atoms with Gasteiger partial charge < -0.3 is 5.11 Å². The van der Waals surface area contributed by atoms with E-state index in [1.807, 2.05) is 0 Å². The van der Waals surface area contributed by atoms with Crippen molar-refractivity contribution in [3.63, 3.8) is 0 Å². The summed E-state index contributed by atoms with van der Waals surface area (Å²) in [6, 6.07) is 6.84. The molecule has 2 rings (SSSR count). The molecule has 6 heteroatoms. The quantitative estimate of drug-likeness (QED) is 0.874. The Morgan fingerprint density at radius 2 is 1.80 bits per heavy atom. The van der Waals surface area contributed by atoms with E-state index < -0.39 is 10.2 Å². The Hall–Kier alpha value is -1.11. The summed E-state index contributed by atoms with van der Waals surface area (Å²) in [5.74, 6) is 0. The van der Waals surface area contributed by atoms with E-state index in [4.69, 9.17) is 5.11 Å². The van der Waals surface area contributed by atoms with Crippen LogP contribution in [0.3, 0.4) is 0 Å². The second-order valence-corrected chi connectivity index (χ2v) is 7.00. The second kappa shape index (κ2) is 6.56. The molecule has 1 aromatic rings. The van der Waals surface area contributed by atoms with Crippen LogP contribution in [0.2, 0.25) is 0 Å². The third-order valence-corrected chi connectivity index (χ3v) is 5.40. The molecule has 2 N–H and O–H groups in total. The van der Waals surface area contributed by atoms with Crippen molar-refractivity contribution in [3.8, 4) is 0 Å². The number of benzene rings is 1. The minimum atomic E-state index is -3.51. The van der Waals surface area contributed by atoms with E-state index >= 15 is 0 Å². The molecule has 1 aromatic carbocycles. The average molecular weight is 298 g/mol. The fourth-order valence-corrected chi connectivity index (χ4v) is 3.72. The lowest BCUT2D eigenvalue weighted by Gasteiger charge is -2.30. The summed E-state index contributed by atoms with van der Waals surface area (Å²) in [5, 5.41) is 8.97. The Labute approximate surface area is 120 Å². The van der Waals surface area contributed by atoms with Gasteiger partial charge in [-0.25, -0.2) is 0 Å². The first-order chi connectivity index (χ1) is 9.53. The van der Waals surface area contributed by atoms with Gasteiger partial charge in [0, 0.05) is 18.8 Å². The standard InChI is InChI=1S/C14H22N2O3S/c1-16(14-5-3-2-4-6-14)20(18,19)15-13-9-7-12(11-17)8-10-13/h7-10,14-15,17H,2-6,11H2,1H3. The number of aliphatic hydroxyl groups is 1. The van der Waals surface area contributed by atoms with Crippen molar-refractivity contribution in [1.82, 2.24) is 4.31 Å². The molecule has 0 atom stereocenters. The number of nitrogens with zero attached hydrogens (tertiary/aromatic N) is 1. The smallest absolute Gasteiger partial charge is 0.301 e. The summed E-state index contributed by atoms with van der Waals surface area (Å²) in [6.45, 7) is -0.0466. The fraction of sp³-hybridized carbons (Fsp3) is 0.571. The highest BCUT2D eigenvalue weighted by Gasteiger charge is 2.27. The lowest BCUT2D eigenvalue weighted by atomic mass is 9.96. The second-order valence-electron chi connectivity index (χ2n) is 5.27. The number of nitrogens with one attached hydrogen (secondary N) is 1. The lowest BCUT2D eigenvalue weighted by Crippen LogP contribution is -2.41. The van der Waals surface area contributed by atoms with Crippen molar-refractivity contribution < 1.29 is 13.5 Å². The third-order valence-electron chi connectivity index (χ3n) is 3.85. The summed E-state index contributed by atoms with van der Waals surface area (Å²) in [7, 11) is -1.87. The van der Waals surface area contributed by atoms with E-state index in [0.29, 0.717) is 5.69 Å². The topological polar surface area (TPSA) is 69.6 Å². The van der Waals surface area contributed by atoms with Gasteiger partial charge in [0.15, 0.2) is 0 Å². The van der Waals surface area contributed by atoms with Crippen LogP contribution in [0.15, 0.2) is 24.3 Å². The average Bonchev–Trinajstić information content (AvgIpc) is 2.48. The van der Waals surface area contributed by atoms with Crippen LogP contribution in [-0.2, 0) is 16.8 Å². The van der Waals surface area contributed by atoms with Crippen LogP contribution in [0, 0.1) is 0 Å². The van der Waals surface area contributed by atoms with Crippen molar-refractivity contribution >= 4 is 15.9 Å². The third kappa shape index (κ3) is 3.71. The minimum Gasteiger partial charge on any atom is -0.392 e. The van der Waals surface area contributed by atoms with E-state index in [0.717, 1.165) is 31.2 Å². The van der Waals surface area contributed by atoms with Gasteiger partial charge in [0.2, 0.25) is 0 Å². The van der Waals surface area contributed by atoms with Gasteiger partial charge in [-0.3, -0.25) is 4.72 Å². The maximum Gasteiger partial charge on any atom is 0.301 e. The maximum atomic E-state index is 12.3. The molecule has 0 unspecified atom stereocenters. The Balaban J connectivity index is 2.05. The van der Waals surface area contributed by atoms with Crippen LogP contribution >= 0.6 is 0 Å². The zero-order chi connectivity index (χ0) is 14.6. The molecule has 20 heavy (non-hydrogen) atoms. The van der Waals surface area contributed by atoms with Gasteiger partial charge in [0.25, 0.3) is 0 Å². The van der Waals surface area contributed by atoms with E-state index in [1.54, 1.807) is 31.3 Å². The summed E-state index contributed by atoms with van der Waals surface area (Å²) < 4.78 is 28.7. The first kappa shape index (κ1) is 15.3. The lowest BCUT2D eigenvalue weighted by molar-refractivity contribution is 0.282. The number of anilines is 1. The molecule has 0 heterocycles. The highest BCUT2D eigenvalue weighted by Crippen LogP contribution is 2.24. The van der Waals surface area contributed by atoms with Crippen LogP contribution in [0.4, 0.5) is 5.69 Å². The molecule has 0 aliphatic heterocycles. The number of hydrogen-bond acceptors (Lipinski definition) is 3. The van der Waals surface area contributed by atoms with E-state index in [1.165, 1.54) is 10.7 Å². The summed E-state index contributed by atoms with van der Waals surface area (Å²) in [4.78, 5) is 0. The molecule has 0 saturated heterocycles. The molecular weight excluding hydrogens is 276 g/mol. The molecule has 0 radical (unpaired) electrons. The summed E-state index contributed by atoms with van der Waals surface area (Å²) in [6.07, 6.45) is 5.24. The predicted octanol–water partition coefficient (Wildman–Crippen LogP) is 2.10. The van der Waals surface area contributed by atoms with Gasteiger partial charge in [0.1, 0.15) is 0 Å². The van der Waals surface area contributed by atoms with Crippen molar-refractivity contribution in [3.05, 3.63) is 29.8 Å². The Morgan fingerprint density at radius 3 is 2.35 bits per heavy atom. The summed E-state index contributed by atoms with van der Waals surface area (Å²) >= 11 is 0. The Bertz CT molecular complexity index is 522. The number of aliphatic hydroxyl groups excluding tert-OH is 1. The van der Waals surface area contributed by atoms with Crippen LogP contribution < -0.4 is 4.72 Å². The highest BCUT2D eigenvalue weighted by molar-refractivity contribution is 7.90. The largest absolute Gasteiger partial charge is 0.392 e. The molecule has 0 bridgehead atoms. The first-order valence-electron chi connectivity index (χ1n) is 6.98. The number of rotatable bonds is 5. The van der Waals surface area contributed by atoms with Gasteiger partial charge in [-0.15, -0.1) is 0 Å². The van der Waals surface area contributed by atoms with Crippen molar-refractivity contribution in [2.24, 2.45) is 0 Å². The van der Waals surface area contributed by atoms with Crippen LogP contribution in [-0.4, -0.2) is 30.9 Å². The van der Waals surface area contributed by atoms with Gasteiger partial charge in [-0.2, -0.15) is 12.7 Å².